The lowest BCUT2D eigenvalue weighted by molar-refractivity contribution is 0.617. The molecular formula is C11H15ClN2. The lowest BCUT2D eigenvalue weighted by Gasteiger charge is -2.24. The number of hydrogen-bond donors (Lipinski definition) is 0. The number of allylic oxidation sites excluding steroid dienone is 3. The van der Waals surface area contributed by atoms with Crippen LogP contribution in [0.25, 0.3) is 0 Å². The van der Waals surface area contributed by atoms with Crippen LogP contribution in [-0.2, 0) is 0 Å². The highest BCUT2D eigenvalue weighted by Gasteiger charge is 2.17. The van der Waals surface area contributed by atoms with E-state index >= 15 is 0 Å². The first-order valence-corrected chi connectivity index (χ1v) is 5.01. The van der Waals surface area contributed by atoms with Crippen LogP contribution in [0.5, 0.6) is 0 Å². The smallest absolute Gasteiger partial charge is 0.153 e. The van der Waals surface area contributed by atoms with Crippen LogP contribution in [0.4, 0.5) is 0 Å². The Morgan fingerprint density at radius 2 is 2.21 bits per heavy atom. The normalized spacial score (nSPS) is 19.8. The van der Waals surface area contributed by atoms with Gasteiger partial charge in [-0.1, -0.05) is 38.1 Å². The van der Waals surface area contributed by atoms with Crippen molar-refractivity contribution in [3.05, 3.63) is 36.4 Å². The maximum Gasteiger partial charge on any atom is 0.153 e. The summed E-state index contributed by atoms with van der Waals surface area (Å²) in [5.41, 5.74) is 1.85. The van der Waals surface area contributed by atoms with Crippen molar-refractivity contribution < 1.29 is 0 Å². The molecule has 14 heavy (non-hydrogen) atoms. The first-order valence-electron chi connectivity index (χ1n) is 4.63. The standard InChI is InChI=1S/C11H15ClN2/c1-5-10-11(12)13-9(8(3)4)7-14(10)6-2/h5-8H,2H2,1,3-4H3/b10-5-. The Labute approximate surface area is 90.3 Å². The van der Waals surface area contributed by atoms with Crippen molar-refractivity contribution in [3.63, 3.8) is 0 Å². The van der Waals surface area contributed by atoms with Gasteiger partial charge >= 0.3 is 0 Å². The number of rotatable bonds is 2. The van der Waals surface area contributed by atoms with Gasteiger partial charge in [0.1, 0.15) is 0 Å². The zero-order chi connectivity index (χ0) is 10.7. The fraction of sp³-hybridized carbons (Fsp3) is 0.364. The summed E-state index contributed by atoms with van der Waals surface area (Å²) in [7, 11) is 0. The summed E-state index contributed by atoms with van der Waals surface area (Å²) in [6.07, 6.45) is 5.61. The maximum atomic E-state index is 6.05. The van der Waals surface area contributed by atoms with E-state index in [0.29, 0.717) is 11.1 Å². The van der Waals surface area contributed by atoms with Crippen molar-refractivity contribution in [3.8, 4) is 0 Å². The largest absolute Gasteiger partial charge is 0.320 e. The average Bonchev–Trinajstić information content (AvgIpc) is 2.16. The van der Waals surface area contributed by atoms with Crippen molar-refractivity contribution in [1.82, 2.24) is 4.90 Å². The monoisotopic (exact) mass is 210 g/mol. The highest BCUT2D eigenvalue weighted by atomic mass is 35.5. The van der Waals surface area contributed by atoms with Gasteiger partial charge in [-0.15, -0.1) is 0 Å². The predicted octanol–water partition coefficient (Wildman–Crippen LogP) is 3.48. The van der Waals surface area contributed by atoms with Crippen molar-refractivity contribution in [2.45, 2.75) is 20.8 Å². The van der Waals surface area contributed by atoms with Gasteiger partial charge in [-0.05, 0) is 12.8 Å². The molecule has 0 aromatic heterocycles. The van der Waals surface area contributed by atoms with E-state index < -0.39 is 0 Å². The molecule has 0 aliphatic carbocycles. The van der Waals surface area contributed by atoms with Gasteiger partial charge in [0.05, 0.1) is 11.4 Å². The minimum Gasteiger partial charge on any atom is -0.320 e. The second-order valence-corrected chi connectivity index (χ2v) is 3.73. The van der Waals surface area contributed by atoms with Crippen LogP contribution in [0.1, 0.15) is 20.8 Å². The van der Waals surface area contributed by atoms with Crippen LogP contribution in [0.2, 0.25) is 0 Å². The molecule has 2 nitrogen and oxygen atoms in total. The van der Waals surface area contributed by atoms with Gasteiger partial charge in [0.15, 0.2) is 5.17 Å². The fourth-order valence-corrected chi connectivity index (χ4v) is 1.52. The Morgan fingerprint density at radius 3 is 2.64 bits per heavy atom. The summed E-state index contributed by atoms with van der Waals surface area (Å²) in [5.74, 6) is 0.365. The summed E-state index contributed by atoms with van der Waals surface area (Å²) in [4.78, 5) is 6.21. The molecule has 0 atom stereocenters. The van der Waals surface area contributed by atoms with Crippen molar-refractivity contribution >= 4 is 16.8 Å². The quantitative estimate of drug-likeness (QED) is 0.682. The van der Waals surface area contributed by atoms with Gasteiger partial charge in [-0.2, -0.15) is 0 Å². The van der Waals surface area contributed by atoms with Crippen molar-refractivity contribution in [2.75, 3.05) is 0 Å². The van der Waals surface area contributed by atoms with Crippen LogP contribution in [0, 0.1) is 5.92 Å². The van der Waals surface area contributed by atoms with Crippen LogP contribution in [0.3, 0.4) is 0 Å². The van der Waals surface area contributed by atoms with E-state index in [0.717, 1.165) is 11.4 Å². The summed E-state index contributed by atoms with van der Waals surface area (Å²) in [6.45, 7) is 9.84. The van der Waals surface area contributed by atoms with Gasteiger partial charge in [-0.3, -0.25) is 0 Å². The second-order valence-electron chi connectivity index (χ2n) is 3.38. The summed E-state index contributed by atoms with van der Waals surface area (Å²) in [5, 5.41) is 0.526. The Kier molecular flexibility index (Phi) is 3.53. The first kappa shape index (κ1) is 11.1. The zero-order valence-electron chi connectivity index (χ0n) is 8.79. The number of aliphatic imine (C=N–C) groups is 1. The minimum absolute atomic E-state index is 0.365. The van der Waals surface area contributed by atoms with Crippen molar-refractivity contribution in [1.29, 1.82) is 0 Å². The van der Waals surface area contributed by atoms with E-state index in [1.165, 1.54) is 0 Å². The highest BCUT2D eigenvalue weighted by molar-refractivity contribution is 6.69. The molecule has 0 spiro atoms. The third-order valence-electron chi connectivity index (χ3n) is 2.05. The molecule has 3 heteroatoms. The third kappa shape index (κ3) is 2.07. The highest BCUT2D eigenvalue weighted by Crippen LogP contribution is 2.24. The van der Waals surface area contributed by atoms with E-state index in [4.69, 9.17) is 11.6 Å². The van der Waals surface area contributed by atoms with Gasteiger partial charge < -0.3 is 4.90 Å². The lowest BCUT2D eigenvalue weighted by Crippen LogP contribution is -2.19. The van der Waals surface area contributed by atoms with Gasteiger partial charge in [0.2, 0.25) is 0 Å². The SMILES string of the molecule is C=CN1C=C(C(C)C)N=C(Cl)/C1=C/C. The maximum absolute atomic E-state index is 6.05. The molecule has 1 rings (SSSR count). The molecule has 0 bridgehead atoms. The van der Waals surface area contributed by atoms with Gasteiger partial charge in [0, 0.05) is 12.4 Å². The van der Waals surface area contributed by atoms with E-state index in [-0.39, 0.29) is 0 Å². The van der Waals surface area contributed by atoms with E-state index in [1.54, 1.807) is 6.20 Å². The molecule has 0 saturated carbocycles. The third-order valence-corrected chi connectivity index (χ3v) is 2.33. The first-order chi connectivity index (χ1) is 6.60. The summed E-state index contributed by atoms with van der Waals surface area (Å²) < 4.78 is 0. The Morgan fingerprint density at radius 1 is 1.57 bits per heavy atom. The molecule has 76 valence electrons. The molecule has 1 aliphatic heterocycles. The molecule has 0 unspecified atom stereocenters. The number of nitrogens with zero attached hydrogens (tertiary/aromatic N) is 2. The minimum atomic E-state index is 0.365. The average molecular weight is 211 g/mol. The van der Waals surface area contributed by atoms with Crippen LogP contribution < -0.4 is 0 Å². The topological polar surface area (TPSA) is 15.6 Å². The van der Waals surface area contributed by atoms with E-state index in [9.17, 15) is 0 Å². The summed E-state index contributed by atoms with van der Waals surface area (Å²) in [6, 6.07) is 0. The Bertz CT molecular complexity index is 324. The number of halogens is 1. The second kappa shape index (κ2) is 4.47. The van der Waals surface area contributed by atoms with Crippen molar-refractivity contribution in [2.24, 2.45) is 10.9 Å². The van der Waals surface area contributed by atoms with Gasteiger partial charge in [-0.25, -0.2) is 4.99 Å². The van der Waals surface area contributed by atoms with Gasteiger partial charge in [0.25, 0.3) is 0 Å². The molecule has 0 saturated heterocycles. The predicted molar refractivity (Wildman–Crippen MR) is 62.0 cm³/mol. The van der Waals surface area contributed by atoms with Crippen LogP contribution in [0.15, 0.2) is 41.4 Å². The molecule has 0 amide bonds. The molecule has 0 radical (unpaired) electrons. The fourth-order valence-electron chi connectivity index (χ4n) is 1.22. The van der Waals surface area contributed by atoms with Crippen LogP contribution in [-0.4, -0.2) is 10.1 Å². The van der Waals surface area contributed by atoms with E-state index in [1.807, 2.05) is 24.1 Å². The molecule has 0 aromatic carbocycles. The van der Waals surface area contributed by atoms with Crippen LogP contribution >= 0.6 is 11.6 Å². The Hall–Kier alpha value is -1.02. The molecule has 1 aliphatic rings. The lowest BCUT2D eigenvalue weighted by atomic mass is 10.1. The molecule has 1 heterocycles. The molecular weight excluding hydrogens is 196 g/mol. The molecule has 0 N–H and O–H groups in total. The molecule has 0 fully saturated rings. The Balaban J connectivity index is 3.09. The zero-order valence-corrected chi connectivity index (χ0v) is 9.54. The van der Waals surface area contributed by atoms with E-state index in [2.05, 4.69) is 25.4 Å². The molecule has 0 aromatic rings. The number of hydrogen-bond acceptors (Lipinski definition) is 2. The summed E-state index contributed by atoms with van der Waals surface area (Å²) >= 11 is 6.05.